The van der Waals surface area contributed by atoms with Crippen molar-refractivity contribution in [2.24, 2.45) is 0 Å². The average molecular weight is 233 g/mol. The Morgan fingerprint density at radius 2 is 2.24 bits per heavy atom. The SMILES string of the molecule is Cc1ccccc1NCCC1CNCCN1C. The Hall–Kier alpha value is -1.06. The van der Waals surface area contributed by atoms with E-state index in [2.05, 4.69) is 53.8 Å². The second-order valence-electron chi connectivity index (χ2n) is 4.87. The predicted octanol–water partition coefficient (Wildman–Crippen LogP) is 1.70. The average Bonchev–Trinajstić information content (AvgIpc) is 2.34. The summed E-state index contributed by atoms with van der Waals surface area (Å²) in [6, 6.07) is 9.14. The number of piperazine rings is 1. The first-order chi connectivity index (χ1) is 8.27. The van der Waals surface area contributed by atoms with Gasteiger partial charge in [0.2, 0.25) is 0 Å². The third kappa shape index (κ3) is 3.45. The first-order valence-corrected chi connectivity index (χ1v) is 6.48. The number of benzene rings is 1. The number of hydrogen-bond donors (Lipinski definition) is 2. The van der Waals surface area contributed by atoms with Gasteiger partial charge in [-0.1, -0.05) is 18.2 Å². The summed E-state index contributed by atoms with van der Waals surface area (Å²) in [6.45, 7) is 6.59. The molecule has 2 N–H and O–H groups in total. The number of nitrogens with one attached hydrogen (secondary N) is 2. The van der Waals surface area contributed by atoms with E-state index in [-0.39, 0.29) is 0 Å². The van der Waals surface area contributed by atoms with Crippen molar-refractivity contribution in [1.82, 2.24) is 10.2 Å². The summed E-state index contributed by atoms with van der Waals surface area (Å²) >= 11 is 0. The van der Waals surface area contributed by atoms with Crippen LogP contribution in [0.3, 0.4) is 0 Å². The molecule has 0 bridgehead atoms. The van der Waals surface area contributed by atoms with Crippen molar-refractivity contribution in [1.29, 1.82) is 0 Å². The third-order valence-corrected chi connectivity index (χ3v) is 3.58. The van der Waals surface area contributed by atoms with Gasteiger partial charge >= 0.3 is 0 Å². The van der Waals surface area contributed by atoms with Gasteiger partial charge in [0.25, 0.3) is 0 Å². The van der Waals surface area contributed by atoms with E-state index in [4.69, 9.17) is 0 Å². The maximum absolute atomic E-state index is 3.53. The van der Waals surface area contributed by atoms with Gasteiger partial charge in [0, 0.05) is 37.9 Å². The van der Waals surface area contributed by atoms with E-state index in [0.29, 0.717) is 6.04 Å². The summed E-state index contributed by atoms with van der Waals surface area (Å²) in [4.78, 5) is 2.45. The highest BCUT2D eigenvalue weighted by atomic mass is 15.2. The lowest BCUT2D eigenvalue weighted by molar-refractivity contribution is 0.194. The predicted molar refractivity (Wildman–Crippen MR) is 73.6 cm³/mol. The van der Waals surface area contributed by atoms with E-state index in [1.807, 2.05) is 0 Å². The maximum Gasteiger partial charge on any atom is 0.0369 e. The molecule has 1 aliphatic rings. The molecule has 0 amide bonds. The summed E-state index contributed by atoms with van der Waals surface area (Å²) in [5, 5.41) is 6.98. The van der Waals surface area contributed by atoms with Crippen LogP contribution >= 0.6 is 0 Å². The molecule has 1 aliphatic heterocycles. The second-order valence-corrected chi connectivity index (χ2v) is 4.87. The van der Waals surface area contributed by atoms with Crippen LogP contribution in [0.25, 0.3) is 0 Å². The minimum atomic E-state index is 0.667. The highest BCUT2D eigenvalue weighted by Crippen LogP contribution is 2.13. The fourth-order valence-electron chi connectivity index (χ4n) is 2.33. The molecule has 1 unspecified atom stereocenters. The molecule has 0 aliphatic carbocycles. The van der Waals surface area contributed by atoms with Crippen LogP contribution in [-0.4, -0.2) is 44.2 Å². The van der Waals surface area contributed by atoms with Gasteiger partial charge < -0.3 is 15.5 Å². The second kappa shape index (κ2) is 6.03. The van der Waals surface area contributed by atoms with Crippen molar-refractivity contribution in [3.05, 3.63) is 29.8 Å². The van der Waals surface area contributed by atoms with Crippen molar-refractivity contribution >= 4 is 5.69 Å². The van der Waals surface area contributed by atoms with E-state index in [1.54, 1.807) is 0 Å². The topological polar surface area (TPSA) is 27.3 Å². The molecule has 3 heteroatoms. The van der Waals surface area contributed by atoms with E-state index in [1.165, 1.54) is 17.7 Å². The van der Waals surface area contributed by atoms with Crippen molar-refractivity contribution in [3.8, 4) is 0 Å². The largest absolute Gasteiger partial charge is 0.385 e. The van der Waals surface area contributed by atoms with Gasteiger partial charge in [-0.2, -0.15) is 0 Å². The van der Waals surface area contributed by atoms with Crippen molar-refractivity contribution in [2.45, 2.75) is 19.4 Å². The summed E-state index contributed by atoms with van der Waals surface area (Å²) in [5.74, 6) is 0. The minimum absolute atomic E-state index is 0.667. The fourth-order valence-corrected chi connectivity index (χ4v) is 2.33. The first kappa shape index (κ1) is 12.4. The van der Waals surface area contributed by atoms with Crippen LogP contribution in [0.2, 0.25) is 0 Å². The Morgan fingerprint density at radius 1 is 1.41 bits per heavy atom. The van der Waals surface area contributed by atoms with E-state index in [0.717, 1.165) is 26.2 Å². The van der Waals surface area contributed by atoms with Crippen LogP contribution in [-0.2, 0) is 0 Å². The lowest BCUT2D eigenvalue weighted by atomic mass is 10.1. The molecule has 1 saturated heterocycles. The summed E-state index contributed by atoms with van der Waals surface area (Å²) < 4.78 is 0. The van der Waals surface area contributed by atoms with Crippen LogP contribution in [0.5, 0.6) is 0 Å². The number of likely N-dealkylation sites (N-methyl/N-ethyl adjacent to an activating group) is 1. The molecular weight excluding hydrogens is 210 g/mol. The van der Waals surface area contributed by atoms with Crippen LogP contribution in [0.4, 0.5) is 5.69 Å². The van der Waals surface area contributed by atoms with Crippen LogP contribution in [0.15, 0.2) is 24.3 Å². The Kier molecular flexibility index (Phi) is 4.40. The highest BCUT2D eigenvalue weighted by molar-refractivity contribution is 5.50. The Balaban J connectivity index is 1.77. The first-order valence-electron chi connectivity index (χ1n) is 6.48. The number of anilines is 1. The standard InChI is InChI=1S/C14H23N3/c1-12-5-3-4-6-14(12)16-8-7-13-11-15-9-10-17(13)2/h3-6,13,15-16H,7-11H2,1-2H3. The van der Waals surface area contributed by atoms with Crippen molar-refractivity contribution < 1.29 is 0 Å². The zero-order chi connectivity index (χ0) is 12.1. The zero-order valence-electron chi connectivity index (χ0n) is 10.9. The minimum Gasteiger partial charge on any atom is -0.385 e. The number of nitrogens with zero attached hydrogens (tertiary/aromatic N) is 1. The summed E-state index contributed by atoms with van der Waals surface area (Å²) in [7, 11) is 2.22. The van der Waals surface area contributed by atoms with Gasteiger partial charge in [-0.25, -0.2) is 0 Å². The lowest BCUT2D eigenvalue weighted by Crippen LogP contribution is -2.49. The third-order valence-electron chi connectivity index (χ3n) is 3.58. The molecule has 1 atom stereocenters. The quantitative estimate of drug-likeness (QED) is 0.829. The van der Waals surface area contributed by atoms with Gasteiger partial charge in [0.05, 0.1) is 0 Å². The maximum atomic E-state index is 3.53. The molecule has 1 fully saturated rings. The fraction of sp³-hybridized carbons (Fsp3) is 0.571. The molecule has 0 radical (unpaired) electrons. The Bertz CT molecular complexity index is 351. The van der Waals surface area contributed by atoms with Gasteiger partial charge in [-0.3, -0.25) is 0 Å². The monoisotopic (exact) mass is 233 g/mol. The normalized spacial score (nSPS) is 21.4. The molecule has 1 heterocycles. The molecule has 2 rings (SSSR count). The smallest absolute Gasteiger partial charge is 0.0369 e. The number of aryl methyl sites for hydroxylation is 1. The number of hydrogen-bond acceptors (Lipinski definition) is 3. The summed E-state index contributed by atoms with van der Waals surface area (Å²) in [6.07, 6.45) is 1.19. The van der Waals surface area contributed by atoms with Gasteiger partial charge in [0.15, 0.2) is 0 Å². The number of para-hydroxylation sites is 1. The Labute approximate surface area is 104 Å². The number of rotatable bonds is 4. The molecule has 1 aromatic rings. The van der Waals surface area contributed by atoms with Gasteiger partial charge in [-0.15, -0.1) is 0 Å². The van der Waals surface area contributed by atoms with E-state index >= 15 is 0 Å². The molecule has 94 valence electrons. The van der Waals surface area contributed by atoms with Crippen LogP contribution < -0.4 is 10.6 Å². The zero-order valence-corrected chi connectivity index (χ0v) is 10.9. The van der Waals surface area contributed by atoms with Crippen molar-refractivity contribution in [2.75, 3.05) is 38.5 Å². The molecule has 17 heavy (non-hydrogen) atoms. The van der Waals surface area contributed by atoms with E-state index < -0.39 is 0 Å². The Morgan fingerprint density at radius 3 is 3.00 bits per heavy atom. The lowest BCUT2D eigenvalue weighted by Gasteiger charge is -2.33. The molecule has 1 aromatic carbocycles. The molecule has 0 spiro atoms. The van der Waals surface area contributed by atoms with Gasteiger partial charge in [-0.05, 0) is 32.0 Å². The van der Waals surface area contributed by atoms with E-state index in [9.17, 15) is 0 Å². The van der Waals surface area contributed by atoms with Crippen LogP contribution in [0, 0.1) is 6.92 Å². The molecule has 0 saturated carbocycles. The van der Waals surface area contributed by atoms with Crippen LogP contribution in [0.1, 0.15) is 12.0 Å². The highest BCUT2D eigenvalue weighted by Gasteiger charge is 2.17. The summed E-state index contributed by atoms with van der Waals surface area (Å²) in [5.41, 5.74) is 2.58. The molecule has 0 aromatic heterocycles. The van der Waals surface area contributed by atoms with Gasteiger partial charge in [0.1, 0.15) is 0 Å². The van der Waals surface area contributed by atoms with Crippen molar-refractivity contribution in [3.63, 3.8) is 0 Å². The molecule has 3 nitrogen and oxygen atoms in total. The molecular formula is C14H23N3.